The van der Waals surface area contributed by atoms with Crippen molar-refractivity contribution in [1.29, 1.82) is 0 Å². The molecule has 55 valence electrons. The van der Waals surface area contributed by atoms with Gasteiger partial charge in [0.05, 0.1) is 0 Å². The Balaban J connectivity index is 3.15. The number of rotatable bonds is 4. The third-order valence-electron chi connectivity index (χ3n) is 1.05. The van der Waals surface area contributed by atoms with Gasteiger partial charge in [-0.3, -0.25) is 4.79 Å². The minimum absolute atomic E-state index is 0.0326. The SMILES string of the molecule is C#CCCCC(=O)NC[CH2]. The van der Waals surface area contributed by atoms with Gasteiger partial charge in [0.15, 0.2) is 0 Å². The summed E-state index contributed by atoms with van der Waals surface area (Å²) in [6, 6.07) is 0. The molecule has 0 aliphatic carbocycles. The topological polar surface area (TPSA) is 29.1 Å². The number of carbonyl (C=O) groups excluding carboxylic acids is 1. The van der Waals surface area contributed by atoms with Crippen molar-refractivity contribution in [3.63, 3.8) is 0 Å². The molecule has 0 bridgehead atoms. The van der Waals surface area contributed by atoms with Crippen LogP contribution in [0.15, 0.2) is 0 Å². The fourth-order valence-electron chi connectivity index (χ4n) is 0.579. The second-order valence-corrected chi connectivity index (χ2v) is 1.91. The van der Waals surface area contributed by atoms with Gasteiger partial charge in [-0.15, -0.1) is 12.3 Å². The van der Waals surface area contributed by atoms with Gasteiger partial charge in [-0.25, -0.2) is 0 Å². The number of hydrogen-bond acceptors (Lipinski definition) is 1. The Morgan fingerprint density at radius 2 is 2.40 bits per heavy atom. The minimum atomic E-state index is 0.0326. The van der Waals surface area contributed by atoms with Crippen molar-refractivity contribution < 1.29 is 4.79 Å². The van der Waals surface area contributed by atoms with Gasteiger partial charge in [0, 0.05) is 19.4 Å². The van der Waals surface area contributed by atoms with E-state index in [-0.39, 0.29) is 5.91 Å². The molecule has 0 spiro atoms. The normalized spacial score (nSPS) is 8.40. The molecule has 0 aromatic rings. The largest absolute Gasteiger partial charge is 0.356 e. The summed E-state index contributed by atoms with van der Waals surface area (Å²) in [6.07, 6.45) is 6.95. The molecule has 2 nitrogen and oxygen atoms in total. The highest BCUT2D eigenvalue weighted by atomic mass is 16.1. The molecule has 0 rings (SSSR count). The maximum Gasteiger partial charge on any atom is 0.220 e. The summed E-state index contributed by atoms with van der Waals surface area (Å²) in [7, 11) is 0. The van der Waals surface area contributed by atoms with Crippen LogP contribution in [0.1, 0.15) is 19.3 Å². The molecule has 0 aliphatic rings. The smallest absolute Gasteiger partial charge is 0.220 e. The van der Waals surface area contributed by atoms with Crippen LogP contribution in [0.3, 0.4) is 0 Å². The maximum atomic E-state index is 10.7. The predicted octanol–water partition coefficient (Wildman–Crippen LogP) is 0.740. The Bertz CT molecular complexity index is 135. The van der Waals surface area contributed by atoms with Gasteiger partial charge < -0.3 is 5.32 Å². The van der Waals surface area contributed by atoms with Gasteiger partial charge in [0.25, 0.3) is 0 Å². The molecule has 0 saturated heterocycles. The maximum absolute atomic E-state index is 10.7. The number of nitrogens with one attached hydrogen (secondary N) is 1. The van der Waals surface area contributed by atoms with Crippen molar-refractivity contribution in [3.05, 3.63) is 6.92 Å². The summed E-state index contributed by atoms with van der Waals surface area (Å²) in [5, 5.41) is 2.59. The zero-order valence-corrected chi connectivity index (χ0v) is 6.02. The zero-order chi connectivity index (χ0) is 7.82. The molecule has 0 fully saturated rings. The van der Waals surface area contributed by atoms with Crippen LogP contribution >= 0.6 is 0 Å². The average molecular weight is 138 g/mol. The number of terminal acetylenes is 1. The van der Waals surface area contributed by atoms with Crippen LogP contribution in [0.4, 0.5) is 0 Å². The highest BCUT2D eigenvalue weighted by Gasteiger charge is 1.95. The van der Waals surface area contributed by atoms with E-state index in [4.69, 9.17) is 6.42 Å². The third kappa shape index (κ3) is 5.17. The average Bonchev–Trinajstić information content (AvgIpc) is 1.89. The van der Waals surface area contributed by atoms with Gasteiger partial charge in [0.1, 0.15) is 0 Å². The van der Waals surface area contributed by atoms with Crippen LogP contribution in [-0.2, 0) is 4.79 Å². The molecule has 0 atom stereocenters. The second kappa shape index (κ2) is 6.15. The zero-order valence-electron chi connectivity index (χ0n) is 6.02. The van der Waals surface area contributed by atoms with Crippen molar-refractivity contribution in [2.24, 2.45) is 0 Å². The Morgan fingerprint density at radius 3 is 2.90 bits per heavy atom. The number of carbonyl (C=O) groups is 1. The Kier molecular flexibility index (Phi) is 5.56. The molecule has 10 heavy (non-hydrogen) atoms. The van der Waals surface area contributed by atoms with Gasteiger partial charge in [-0.2, -0.15) is 0 Å². The van der Waals surface area contributed by atoms with E-state index in [1.807, 2.05) is 0 Å². The van der Waals surface area contributed by atoms with Crippen molar-refractivity contribution in [2.75, 3.05) is 6.54 Å². The van der Waals surface area contributed by atoms with Crippen molar-refractivity contribution in [3.8, 4) is 12.3 Å². The fourth-order valence-corrected chi connectivity index (χ4v) is 0.579. The molecule has 0 saturated carbocycles. The standard InChI is InChI=1S/C8H12NO/c1-3-5-6-7-8(10)9-4-2/h1H,2,4-7H2,(H,9,10). The monoisotopic (exact) mass is 138 g/mol. The van der Waals surface area contributed by atoms with Crippen molar-refractivity contribution >= 4 is 5.91 Å². The van der Waals surface area contributed by atoms with E-state index in [9.17, 15) is 4.79 Å². The number of amides is 1. The number of unbranched alkanes of at least 4 members (excludes halogenated alkanes) is 1. The van der Waals surface area contributed by atoms with Crippen LogP contribution in [0.25, 0.3) is 0 Å². The molecular formula is C8H12NO. The molecule has 0 unspecified atom stereocenters. The van der Waals surface area contributed by atoms with Crippen LogP contribution < -0.4 is 5.32 Å². The molecule has 0 heterocycles. The molecule has 0 aromatic carbocycles. The highest BCUT2D eigenvalue weighted by Crippen LogP contribution is 1.92. The highest BCUT2D eigenvalue weighted by molar-refractivity contribution is 5.75. The van der Waals surface area contributed by atoms with Gasteiger partial charge >= 0.3 is 0 Å². The number of hydrogen-bond donors (Lipinski definition) is 1. The first-order valence-electron chi connectivity index (χ1n) is 3.30. The van der Waals surface area contributed by atoms with E-state index in [2.05, 4.69) is 18.2 Å². The first-order chi connectivity index (χ1) is 4.81. The molecule has 1 radical (unpaired) electrons. The van der Waals surface area contributed by atoms with E-state index in [1.165, 1.54) is 0 Å². The summed E-state index contributed by atoms with van der Waals surface area (Å²) in [5.41, 5.74) is 0. The van der Waals surface area contributed by atoms with E-state index in [0.717, 1.165) is 6.42 Å². The molecular weight excluding hydrogens is 126 g/mol. The Morgan fingerprint density at radius 1 is 1.70 bits per heavy atom. The quantitative estimate of drug-likeness (QED) is 0.450. The Labute approximate surface area is 62.0 Å². The van der Waals surface area contributed by atoms with Crippen molar-refractivity contribution in [2.45, 2.75) is 19.3 Å². The summed E-state index contributed by atoms with van der Waals surface area (Å²) in [6.45, 7) is 3.93. The van der Waals surface area contributed by atoms with E-state index in [1.54, 1.807) is 0 Å². The lowest BCUT2D eigenvalue weighted by atomic mass is 10.2. The summed E-state index contributed by atoms with van der Waals surface area (Å²) in [4.78, 5) is 10.7. The van der Waals surface area contributed by atoms with Crippen LogP contribution in [0.5, 0.6) is 0 Å². The molecule has 1 amide bonds. The van der Waals surface area contributed by atoms with Gasteiger partial charge in [-0.05, 0) is 13.3 Å². The fraction of sp³-hybridized carbons (Fsp3) is 0.500. The van der Waals surface area contributed by atoms with Gasteiger partial charge in [-0.1, -0.05) is 0 Å². The van der Waals surface area contributed by atoms with E-state index >= 15 is 0 Å². The lowest BCUT2D eigenvalue weighted by Crippen LogP contribution is -2.22. The predicted molar refractivity (Wildman–Crippen MR) is 41.1 cm³/mol. The third-order valence-corrected chi connectivity index (χ3v) is 1.05. The van der Waals surface area contributed by atoms with E-state index < -0.39 is 0 Å². The Hall–Kier alpha value is -0.970. The first-order valence-corrected chi connectivity index (χ1v) is 3.30. The van der Waals surface area contributed by atoms with Crippen LogP contribution in [0.2, 0.25) is 0 Å². The first kappa shape index (κ1) is 9.03. The van der Waals surface area contributed by atoms with Crippen LogP contribution in [-0.4, -0.2) is 12.5 Å². The van der Waals surface area contributed by atoms with Crippen molar-refractivity contribution in [1.82, 2.24) is 5.32 Å². The molecule has 2 heteroatoms. The summed E-state index contributed by atoms with van der Waals surface area (Å²) >= 11 is 0. The second-order valence-electron chi connectivity index (χ2n) is 1.91. The molecule has 1 N–H and O–H groups in total. The lowest BCUT2D eigenvalue weighted by molar-refractivity contribution is -0.120. The summed E-state index contributed by atoms with van der Waals surface area (Å²) < 4.78 is 0. The minimum Gasteiger partial charge on any atom is -0.356 e. The summed E-state index contributed by atoms with van der Waals surface area (Å²) in [5.74, 6) is 2.50. The van der Waals surface area contributed by atoms with E-state index in [0.29, 0.717) is 19.4 Å². The van der Waals surface area contributed by atoms with Crippen LogP contribution in [0, 0.1) is 19.3 Å². The molecule has 0 aromatic heterocycles. The van der Waals surface area contributed by atoms with Gasteiger partial charge in [0.2, 0.25) is 5.91 Å². The lowest BCUT2D eigenvalue weighted by Gasteiger charge is -1.98. The molecule has 0 aliphatic heterocycles.